The maximum atomic E-state index is 12.0. The number of benzene rings is 1. The van der Waals surface area contributed by atoms with Gasteiger partial charge in [0.25, 0.3) is 5.91 Å². The zero-order valence-corrected chi connectivity index (χ0v) is 13.3. The minimum atomic E-state index is -0.0407. The Balaban J connectivity index is 1.97. The second-order valence-electron chi connectivity index (χ2n) is 4.71. The van der Waals surface area contributed by atoms with Crippen molar-refractivity contribution in [3.8, 4) is 0 Å². The molecule has 2 rings (SSSR count). The van der Waals surface area contributed by atoms with Crippen molar-refractivity contribution >= 4 is 45.2 Å². The standard InChI is InChI=1S/C13H15BrClNOS/c1-13(5-2-6-18-13)8-16-12(17)9-3-4-11(15)10(14)7-9/h3-4,7H,2,5-6,8H2,1H3,(H,16,17). The van der Waals surface area contributed by atoms with Crippen LogP contribution in [0.15, 0.2) is 22.7 Å². The number of carbonyl (C=O) groups is 1. The molecule has 1 fully saturated rings. The lowest BCUT2D eigenvalue weighted by Gasteiger charge is -2.22. The third kappa shape index (κ3) is 3.43. The Morgan fingerprint density at radius 2 is 2.39 bits per heavy atom. The molecular formula is C13H15BrClNOS. The molecule has 1 aromatic carbocycles. The largest absolute Gasteiger partial charge is 0.351 e. The summed E-state index contributed by atoms with van der Waals surface area (Å²) in [5, 5.41) is 3.62. The summed E-state index contributed by atoms with van der Waals surface area (Å²) in [6.07, 6.45) is 2.41. The van der Waals surface area contributed by atoms with Gasteiger partial charge in [0.1, 0.15) is 0 Å². The molecule has 1 aliphatic rings. The number of hydrogen-bond acceptors (Lipinski definition) is 2. The topological polar surface area (TPSA) is 29.1 Å². The van der Waals surface area contributed by atoms with Gasteiger partial charge in [-0.25, -0.2) is 0 Å². The summed E-state index contributed by atoms with van der Waals surface area (Å²) in [4.78, 5) is 12.0. The molecule has 5 heteroatoms. The van der Waals surface area contributed by atoms with E-state index in [1.807, 2.05) is 11.8 Å². The van der Waals surface area contributed by atoms with E-state index in [1.165, 1.54) is 18.6 Å². The summed E-state index contributed by atoms with van der Waals surface area (Å²) in [7, 11) is 0. The van der Waals surface area contributed by atoms with Crippen LogP contribution >= 0.6 is 39.3 Å². The molecule has 0 radical (unpaired) electrons. The third-order valence-electron chi connectivity index (χ3n) is 3.11. The molecule has 1 amide bonds. The number of nitrogens with one attached hydrogen (secondary N) is 1. The lowest BCUT2D eigenvalue weighted by Crippen LogP contribution is -2.36. The van der Waals surface area contributed by atoms with Gasteiger partial charge < -0.3 is 5.32 Å². The maximum absolute atomic E-state index is 12.0. The summed E-state index contributed by atoms with van der Waals surface area (Å²) in [5.74, 6) is 1.15. The molecule has 98 valence electrons. The molecule has 0 bridgehead atoms. The molecule has 0 spiro atoms. The van der Waals surface area contributed by atoms with Gasteiger partial charge in [-0.05, 0) is 59.6 Å². The number of hydrogen-bond donors (Lipinski definition) is 1. The summed E-state index contributed by atoms with van der Waals surface area (Å²) >= 11 is 11.2. The molecule has 2 nitrogen and oxygen atoms in total. The summed E-state index contributed by atoms with van der Waals surface area (Å²) in [6, 6.07) is 5.22. The Bertz CT molecular complexity index is 460. The zero-order valence-electron chi connectivity index (χ0n) is 10.1. The normalized spacial score (nSPS) is 23.1. The minimum absolute atomic E-state index is 0.0407. The highest BCUT2D eigenvalue weighted by Crippen LogP contribution is 2.37. The zero-order chi connectivity index (χ0) is 13.2. The van der Waals surface area contributed by atoms with Crippen molar-refractivity contribution in [3.05, 3.63) is 33.3 Å². The predicted molar refractivity (Wildman–Crippen MR) is 81.6 cm³/mol. The van der Waals surface area contributed by atoms with E-state index < -0.39 is 0 Å². The molecule has 18 heavy (non-hydrogen) atoms. The molecule has 1 unspecified atom stereocenters. The third-order valence-corrected chi connectivity index (χ3v) is 5.86. The highest BCUT2D eigenvalue weighted by atomic mass is 79.9. The lowest BCUT2D eigenvalue weighted by molar-refractivity contribution is 0.0950. The van der Waals surface area contributed by atoms with Crippen molar-refractivity contribution in [1.82, 2.24) is 5.32 Å². The van der Waals surface area contributed by atoms with E-state index in [4.69, 9.17) is 11.6 Å². The number of rotatable bonds is 3. The van der Waals surface area contributed by atoms with E-state index in [0.29, 0.717) is 10.6 Å². The van der Waals surface area contributed by atoms with Gasteiger partial charge in [0, 0.05) is 21.3 Å². The van der Waals surface area contributed by atoms with Gasteiger partial charge in [-0.15, -0.1) is 0 Å². The molecule has 1 aromatic rings. The van der Waals surface area contributed by atoms with Crippen molar-refractivity contribution in [2.24, 2.45) is 0 Å². The Morgan fingerprint density at radius 1 is 1.61 bits per heavy atom. The van der Waals surface area contributed by atoms with Crippen LogP contribution in [0, 0.1) is 0 Å². The first kappa shape index (κ1) is 14.2. The maximum Gasteiger partial charge on any atom is 0.251 e. The fourth-order valence-corrected chi connectivity index (χ4v) is 3.72. The monoisotopic (exact) mass is 347 g/mol. The first-order valence-electron chi connectivity index (χ1n) is 5.87. The van der Waals surface area contributed by atoms with Crippen molar-refractivity contribution in [3.63, 3.8) is 0 Å². The van der Waals surface area contributed by atoms with Crippen molar-refractivity contribution in [2.75, 3.05) is 12.3 Å². The Hall–Kier alpha value is -0.190. The fraction of sp³-hybridized carbons (Fsp3) is 0.462. The summed E-state index contributed by atoms with van der Waals surface area (Å²) in [6.45, 7) is 2.93. The van der Waals surface area contributed by atoms with Crippen molar-refractivity contribution < 1.29 is 4.79 Å². The average Bonchev–Trinajstić information content (AvgIpc) is 2.77. The van der Waals surface area contributed by atoms with E-state index in [2.05, 4.69) is 28.2 Å². The van der Waals surface area contributed by atoms with Crippen LogP contribution in [0.4, 0.5) is 0 Å². The highest BCUT2D eigenvalue weighted by Gasteiger charge is 2.29. The van der Waals surface area contributed by atoms with E-state index in [9.17, 15) is 4.79 Å². The Kier molecular flexibility index (Phi) is 4.62. The van der Waals surface area contributed by atoms with Gasteiger partial charge in [0.2, 0.25) is 0 Å². The molecule has 0 aromatic heterocycles. The van der Waals surface area contributed by atoms with Crippen LogP contribution in [0.5, 0.6) is 0 Å². The second-order valence-corrected chi connectivity index (χ2v) is 7.66. The molecular weight excluding hydrogens is 334 g/mol. The van der Waals surface area contributed by atoms with Gasteiger partial charge in [0.15, 0.2) is 0 Å². The molecule has 0 saturated carbocycles. The SMILES string of the molecule is CC1(CNC(=O)c2ccc(Cl)c(Br)c2)CCCS1. The summed E-state index contributed by atoms with van der Waals surface area (Å²) in [5.41, 5.74) is 0.637. The number of carbonyl (C=O) groups excluding carboxylic acids is 1. The highest BCUT2D eigenvalue weighted by molar-refractivity contribution is 9.10. The first-order valence-corrected chi connectivity index (χ1v) is 8.03. The van der Waals surface area contributed by atoms with E-state index in [0.717, 1.165) is 11.0 Å². The van der Waals surface area contributed by atoms with Gasteiger partial charge >= 0.3 is 0 Å². The van der Waals surface area contributed by atoms with Gasteiger partial charge in [-0.2, -0.15) is 11.8 Å². The van der Waals surface area contributed by atoms with Crippen LogP contribution in [0.1, 0.15) is 30.1 Å². The molecule has 1 saturated heterocycles. The average molecular weight is 349 g/mol. The van der Waals surface area contributed by atoms with Crippen LogP contribution in [0.25, 0.3) is 0 Å². The number of halogens is 2. The van der Waals surface area contributed by atoms with Crippen LogP contribution in [-0.2, 0) is 0 Å². The van der Waals surface area contributed by atoms with Crippen LogP contribution in [0.2, 0.25) is 5.02 Å². The molecule has 1 heterocycles. The number of thioether (sulfide) groups is 1. The van der Waals surface area contributed by atoms with E-state index >= 15 is 0 Å². The fourth-order valence-electron chi connectivity index (χ4n) is 1.98. The van der Waals surface area contributed by atoms with E-state index in [-0.39, 0.29) is 10.7 Å². The smallest absolute Gasteiger partial charge is 0.251 e. The van der Waals surface area contributed by atoms with Crippen molar-refractivity contribution in [2.45, 2.75) is 24.5 Å². The van der Waals surface area contributed by atoms with Gasteiger partial charge in [-0.1, -0.05) is 11.6 Å². The number of amides is 1. The lowest BCUT2D eigenvalue weighted by atomic mass is 10.1. The Labute approximate surface area is 125 Å². The molecule has 1 N–H and O–H groups in total. The van der Waals surface area contributed by atoms with E-state index in [1.54, 1.807) is 18.2 Å². The Morgan fingerprint density at radius 3 is 3.00 bits per heavy atom. The molecule has 1 atom stereocenters. The molecule has 0 aliphatic carbocycles. The first-order chi connectivity index (χ1) is 8.50. The van der Waals surface area contributed by atoms with Crippen LogP contribution in [-0.4, -0.2) is 23.0 Å². The summed E-state index contributed by atoms with van der Waals surface area (Å²) < 4.78 is 0.942. The van der Waals surface area contributed by atoms with Gasteiger partial charge in [0.05, 0.1) is 5.02 Å². The van der Waals surface area contributed by atoms with Crippen LogP contribution < -0.4 is 5.32 Å². The van der Waals surface area contributed by atoms with Crippen LogP contribution in [0.3, 0.4) is 0 Å². The second kappa shape index (κ2) is 5.85. The minimum Gasteiger partial charge on any atom is -0.351 e. The van der Waals surface area contributed by atoms with Gasteiger partial charge in [-0.3, -0.25) is 4.79 Å². The predicted octanol–water partition coefficient (Wildman–Crippen LogP) is 4.12. The van der Waals surface area contributed by atoms with Crippen molar-refractivity contribution in [1.29, 1.82) is 0 Å². The molecule has 1 aliphatic heterocycles. The quantitative estimate of drug-likeness (QED) is 0.890.